The Morgan fingerprint density at radius 1 is 0.305 bits per heavy atom. The molecule has 0 aromatic rings. The van der Waals surface area contributed by atoms with Crippen LogP contribution < -0.4 is 0 Å². The highest BCUT2D eigenvalue weighted by Gasteiger charge is 2.29. The summed E-state index contributed by atoms with van der Waals surface area (Å²) in [6.07, 6.45) is 80.2. The van der Waals surface area contributed by atoms with Crippen molar-refractivity contribution in [1.29, 1.82) is 0 Å². The number of ether oxygens (including phenoxy) is 3. The first kappa shape index (κ1) is 91.2. The fourth-order valence-corrected chi connectivity index (χ4v) is 11.4. The summed E-state index contributed by atoms with van der Waals surface area (Å²) in [5.41, 5.74) is 0. The van der Waals surface area contributed by atoms with Gasteiger partial charge in [0.15, 0.2) is 6.10 Å². The Balaban J connectivity index is 4.40. The molecule has 0 amide bonds. The van der Waals surface area contributed by atoms with Crippen LogP contribution in [0.1, 0.15) is 303 Å². The van der Waals surface area contributed by atoms with Crippen LogP contribution in [0.5, 0.6) is 0 Å². The Morgan fingerprint density at radius 3 is 0.895 bits per heavy atom. The topological polar surface area (TPSA) is 231 Å². The van der Waals surface area contributed by atoms with Gasteiger partial charge in [0.05, 0.1) is 26.4 Å². The molecule has 0 heterocycles. The average molecular weight is 1380 g/mol. The lowest BCUT2D eigenvalue weighted by Crippen LogP contribution is -2.30. The molecule has 18 heteroatoms. The lowest BCUT2D eigenvalue weighted by molar-refractivity contribution is -0.161. The average Bonchev–Trinajstić information content (AvgIpc) is 1.75. The lowest BCUT2D eigenvalue weighted by Gasteiger charge is -2.21. The van der Waals surface area contributed by atoms with Gasteiger partial charge in [-0.05, 0) is 122 Å². The van der Waals surface area contributed by atoms with Crippen molar-refractivity contribution >= 4 is 33.6 Å². The van der Waals surface area contributed by atoms with Gasteiger partial charge >= 0.3 is 33.6 Å². The van der Waals surface area contributed by atoms with Crippen LogP contribution in [0.15, 0.2) is 109 Å². The van der Waals surface area contributed by atoms with Crippen LogP contribution in [0.4, 0.5) is 0 Å². The molecule has 0 aromatic carbocycles. The summed E-state index contributed by atoms with van der Waals surface area (Å²) in [5.74, 6) is -1.60. The summed E-state index contributed by atoms with van der Waals surface area (Å²) in [6, 6.07) is 0. The number of hydrogen-bond acceptors (Lipinski definition) is 14. The van der Waals surface area contributed by atoms with Crippen molar-refractivity contribution in [3.63, 3.8) is 0 Å². The van der Waals surface area contributed by atoms with Gasteiger partial charge in [-0.2, -0.15) is 0 Å². The maximum absolute atomic E-state index is 12.9. The van der Waals surface area contributed by atoms with E-state index in [1.54, 1.807) is 0 Å². The fourth-order valence-electron chi connectivity index (χ4n) is 9.84. The minimum absolute atomic E-state index is 0.0906. The van der Waals surface area contributed by atoms with Gasteiger partial charge in [0, 0.05) is 19.3 Å². The van der Waals surface area contributed by atoms with Crippen LogP contribution in [0.3, 0.4) is 0 Å². The number of phosphoric acid groups is 2. The van der Waals surface area contributed by atoms with Gasteiger partial charge in [-0.3, -0.25) is 32.5 Å². The molecule has 0 radical (unpaired) electrons. The summed E-state index contributed by atoms with van der Waals surface area (Å²) in [4.78, 5) is 58.4. The lowest BCUT2D eigenvalue weighted by atomic mass is 10.0. The predicted molar refractivity (Wildman–Crippen MR) is 390 cm³/mol. The zero-order valence-corrected chi connectivity index (χ0v) is 61.4. The second-order valence-electron chi connectivity index (χ2n) is 24.7. The van der Waals surface area contributed by atoms with E-state index in [0.717, 1.165) is 141 Å². The van der Waals surface area contributed by atoms with Crippen LogP contribution in [-0.4, -0.2) is 95.9 Å². The van der Waals surface area contributed by atoms with E-state index in [4.69, 9.17) is 32.3 Å². The minimum atomic E-state index is -4.93. The van der Waals surface area contributed by atoms with Gasteiger partial charge in [-0.1, -0.05) is 271 Å². The Kier molecular flexibility index (Phi) is 67.3. The number of rotatable bonds is 70. The zero-order valence-electron chi connectivity index (χ0n) is 59.6. The minimum Gasteiger partial charge on any atom is -0.463 e. The third kappa shape index (κ3) is 71.3. The maximum Gasteiger partial charge on any atom is 0.472 e. The molecule has 0 spiro atoms. The molecule has 0 bridgehead atoms. The number of allylic oxidation sites excluding steroid dienone is 18. The number of unbranched alkanes of at least 4 members (excludes halogenated alkanes) is 29. The highest BCUT2D eigenvalue weighted by Crippen LogP contribution is 2.45. The Morgan fingerprint density at radius 2 is 0.558 bits per heavy atom. The first-order valence-corrected chi connectivity index (χ1v) is 40.2. The molecule has 0 aliphatic heterocycles. The van der Waals surface area contributed by atoms with Crippen LogP contribution >= 0.6 is 15.6 Å². The maximum atomic E-state index is 12.9. The number of esters is 3. The summed E-state index contributed by atoms with van der Waals surface area (Å²) in [5, 5.41) is 20.6. The number of aliphatic hydroxyl groups excluding tert-OH is 2. The third-order valence-electron chi connectivity index (χ3n) is 15.5. The molecule has 0 aliphatic rings. The molecule has 548 valence electrons. The number of aliphatic hydroxyl groups is 2. The fraction of sp³-hybridized carbons (Fsp3) is 0.727. The van der Waals surface area contributed by atoms with E-state index in [-0.39, 0.29) is 19.3 Å². The van der Waals surface area contributed by atoms with E-state index >= 15 is 0 Å². The van der Waals surface area contributed by atoms with E-state index in [1.165, 1.54) is 103 Å². The largest absolute Gasteiger partial charge is 0.472 e. The molecule has 0 saturated carbocycles. The third-order valence-corrected chi connectivity index (χ3v) is 17.4. The van der Waals surface area contributed by atoms with E-state index < -0.39 is 91.5 Å². The van der Waals surface area contributed by atoms with E-state index in [1.807, 2.05) is 0 Å². The van der Waals surface area contributed by atoms with Crippen LogP contribution in [0.2, 0.25) is 0 Å². The molecule has 0 rings (SSSR count). The molecule has 0 fully saturated rings. The van der Waals surface area contributed by atoms with Gasteiger partial charge < -0.3 is 34.2 Å². The van der Waals surface area contributed by atoms with Crippen molar-refractivity contribution in [3.8, 4) is 0 Å². The first-order valence-electron chi connectivity index (χ1n) is 37.2. The number of hydrogen-bond donors (Lipinski definition) is 4. The van der Waals surface area contributed by atoms with Crippen molar-refractivity contribution in [2.24, 2.45) is 0 Å². The number of carbonyl (C=O) groups is 3. The van der Waals surface area contributed by atoms with Crippen molar-refractivity contribution in [1.82, 2.24) is 0 Å². The van der Waals surface area contributed by atoms with Crippen molar-refractivity contribution < 1.29 is 75.8 Å². The molecule has 0 aliphatic carbocycles. The van der Waals surface area contributed by atoms with Gasteiger partial charge in [-0.25, -0.2) is 9.13 Å². The number of carbonyl (C=O) groups excluding carboxylic acids is 3. The van der Waals surface area contributed by atoms with Crippen LogP contribution in [-0.2, 0) is 55.8 Å². The quantitative estimate of drug-likeness (QED) is 0.0146. The highest BCUT2D eigenvalue weighted by molar-refractivity contribution is 7.47. The van der Waals surface area contributed by atoms with Crippen molar-refractivity contribution in [2.45, 2.75) is 322 Å². The Bertz CT molecular complexity index is 2170. The Hall–Kier alpha value is -3.79. The van der Waals surface area contributed by atoms with Gasteiger partial charge in [0.25, 0.3) is 0 Å². The van der Waals surface area contributed by atoms with Gasteiger partial charge in [-0.15, -0.1) is 0 Å². The summed E-state index contributed by atoms with van der Waals surface area (Å²) in [6.45, 7) is 2.41. The van der Waals surface area contributed by atoms with Gasteiger partial charge in [0.1, 0.15) is 25.4 Å². The van der Waals surface area contributed by atoms with Crippen LogP contribution in [0.25, 0.3) is 0 Å². The monoisotopic (exact) mass is 1380 g/mol. The summed E-state index contributed by atoms with van der Waals surface area (Å²) < 4.78 is 60.9. The van der Waals surface area contributed by atoms with E-state index in [0.29, 0.717) is 19.3 Å². The molecule has 16 nitrogen and oxygen atoms in total. The first-order chi connectivity index (χ1) is 46.2. The zero-order chi connectivity index (χ0) is 69.5. The number of phosphoric ester groups is 2. The molecular weight excluding hydrogens is 1240 g/mol. The van der Waals surface area contributed by atoms with Crippen molar-refractivity contribution in [3.05, 3.63) is 109 Å². The molecule has 4 N–H and O–H groups in total. The smallest absolute Gasteiger partial charge is 0.463 e. The Labute approximate surface area is 577 Å². The predicted octanol–water partition coefficient (Wildman–Crippen LogP) is 21.2. The standard InChI is InChI=1S/C77H134O16P2/c1-4-7-10-13-16-19-22-25-27-28-29-30-31-32-33-34-35-36-37-38-39-40-41-42-44-47-48-51-54-57-60-63-75(80)87-66-72(78)67-89-94(83,84)90-68-73(79)69-91-95(85,86)92-71-74(93-77(82)65-62-59-56-53-50-45-24-21-18-15-12-9-6-3)70-88-76(81)64-61-58-55-52-49-46-43-26-23-20-17-14-11-8-5-2/h7-8,10-11,16-17,19-21,24-27,29-30,32-33,43,72-74,78-79H,4-6,9,12-15,18,22-23,28,31,34-42,44-71H2,1-3H3,(H,83,84)(H,85,86)/b10-7-,11-8-,19-16-,20-17-,24-21-,27-25-,30-29-,33-32-,43-26-. The highest BCUT2D eigenvalue weighted by atomic mass is 31.2. The second-order valence-corrected chi connectivity index (χ2v) is 27.6. The molecule has 0 saturated heterocycles. The molecule has 5 unspecified atom stereocenters. The molecular formula is C77H134O16P2. The van der Waals surface area contributed by atoms with Crippen molar-refractivity contribution in [2.75, 3.05) is 39.6 Å². The second kappa shape index (κ2) is 70.1. The SMILES string of the molecule is CC/C=C\C/C=C\C/C=C\C/C=C\C/C=C\CCCCCCCCCCCCCCCCCC(=O)OCC(O)COP(=O)(O)OCC(O)COP(=O)(O)OCC(COC(=O)CCCCCCC/C=C\C/C=C\C/C=C\CC)OC(=O)CCCCCCC/C=C\CCCCCC. The molecule has 5 atom stereocenters. The molecule has 0 aromatic heterocycles. The summed E-state index contributed by atoms with van der Waals surface area (Å²) >= 11 is 0. The van der Waals surface area contributed by atoms with Gasteiger partial charge in [0.2, 0.25) is 0 Å². The van der Waals surface area contributed by atoms with E-state index in [2.05, 4.69) is 130 Å². The van der Waals surface area contributed by atoms with Crippen LogP contribution in [0, 0.1) is 0 Å². The molecule has 95 heavy (non-hydrogen) atoms. The summed E-state index contributed by atoms with van der Waals surface area (Å²) in [7, 11) is -9.78. The normalized spacial score (nSPS) is 14.7. The van der Waals surface area contributed by atoms with E-state index in [9.17, 15) is 43.5 Å².